The van der Waals surface area contributed by atoms with Crippen LogP contribution in [0.25, 0.3) is 33.8 Å². The number of aryl methyl sites for hydroxylation is 3. The molecule has 7 heteroatoms. The van der Waals surface area contributed by atoms with Crippen molar-refractivity contribution in [2.24, 2.45) is 0 Å². The van der Waals surface area contributed by atoms with Gasteiger partial charge in [0.1, 0.15) is 5.75 Å². The van der Waals surface area contributed by atoms with E-state index in [0.29, 0.717) is 22.7 Å². The van der Waals surface area contributed by atoms with Gasteiger partial charge in [-0.05, 0) is 85.5 Å². The van der Waals surface area contributed by atoms with E-state index in [0.717, 1.165) is 38.2 Å². The number of nitrogens with zero attached hydrogens (tertiary/aromatic N) is 2. The maximum atomic E-state index is 13.2. The minimum absolute atomic E-state index is 0.0738. The minimum atomic E-state index is -0.453. The molecule has 0 atom stereocenters. The Morgan fingerprint density at radius 3 is 2.41 bits per heavy atom. The molecule has 186 valence electrons. The number of anilines is 1. The zero-order valence-corrected chi connectivity index (χ0v) is 21.2. The van der Waals surface area contributed by atoms with Crippen LogP contribution in [0.15, 0.2) is 79.0 Å². The molecule has 0 radical (unpaired) electrons. The van der Waals surface area contributed by atoms with Crippen LogP contribution in [-0.2, 0) is 0 Å². The molecular formula is C30H28N4O3. The van der Waals surface area contributed by atoms with Crippen LogP contribution in [0.2, 0.25) is 0 Å². The zero-order chi connectivity index (χ0) is 26.1. The number of rotatable bonds is 6. The number of nitrogens with one attached hydrogen (secondary N) is 2. The van der Waals surface area contributed by atoms with Gasteiger partial charge < -0.3 is 20.2 Å². The topological polar surface area (TPSA) is 92.2 Å². The number of methoxy groups -OCH3 is 1. The summed E-state index contributed by atoms with van der Waals surface area (Å²) in [6.45, 7) is 5.81. The Labute approximate surface area is 215 Å². The van der Waals surface area contributed by atoms with Gasteiger partial charge >= 0.3 is 0 Å². The van der Waals surface area contributed by atoms with Crippen molar-refractivity contribution in [1.82, 2.24) is 14.7 Å². The maximum absolute atomic E-state index is 13.2. The standard InChI is InChI=1S/C30H28N4O3/c1-18-8-5-9-19(2)27(18)24-17-22(13-14-26(24)37-4)29-32-20(3)28(34(29)36)30(35)33-23-11-6-10-21(16-23)25-12-7-15-31-25/h5-17,31,36H,1-4H3,(H,33,35). The van der Waals surface area contributed by atoms with Crippen LogP contribution in [-0.4, -0.2) is 32.9 Å². The first kappa shape index (κ1) is 23.9. The molecule has 7 nitrogen and oxygen atoms in total. The van der Waals surface area contributed by atoms with Gasteiger partial charge in [-0.25, -0.2) is 4.98 Å². The molecule has 0 saturated carbocycles. The first-order chi connectivity index (χ1) is 17.9. The van der Waals surface area contributed by atoms with Crippen LogP contribution in [0, 0.1) is 20.8 Å². The predicted molar refractivity (Wildman–Crippen MR) is 145 cm³/mol. The number of carbonyl (C=O) groups is 1. The largest absolute Gasteiger partial charge is 0.496 e. The van der Waals surface area contributed by atoms with E-state index in [-0.39, 0.29) is 11.5 Å². The fourth-order valence-corrected chi connectivity index (χ4v) is 4.71. The Morgan fingerprint density at radius 1 is 0.946 bits per heavy atom. The number of imidazole rings is 1. The van der Waals surface area contributed by atoms with Crippen LogP contribution in [0.5, 0.6) is 5.75 Å². The second kappa shape index (κ2) is 9.70. The number of hydrogen-bond donors (Lipinski definition) is 3. The molecule has 1 amide bonds. The van der Waals surface area contributed by atoms with Gasteiger partial charge in [0.05, 0.1) is 12.8 Å². The average Bonchev–Trinajstić information content (AvgIpc) is 3.52. The molecule has 0 aliphatic carbocycles. The molecule has 5 aromatic rings. The average molecular weight is 493 g/mol. The van der Waals surface area contributed by atoms with E-state index in [1.54, 1.807) is 20.1 Å². The lowest BCUT2D eigenvalue weighted by atomic mass is 9.93. The van der Waals surface area contributed by atoms with Crippen LogP contribution < -0.4 is 10.1 Å². The highest BCUT2D eigenvalue weighted by Crippen LogP contribution is 2.37. The van der Waals surface area contributed by atoms with Crippen LogP contribution >= 0.6 is 0 Å². The van der Waals surface area contributed by atoms with Crippen molar-refractivity contribution < 1.29 is 14.7 Å². The highest BCUT2D eigenvalue weighted by Gasteiger charge is 2.23. The van der Waals surface area contributed by atoms with E-state index < -0.39 is 5.91 Å². The molecule has 2 heterocycles. The summed E-state index contributed by atoms with van der Waals surface area (Å²) in [6, 6.07) is 23.1. The van der Waals surface area contributed by atoms with Crippen molar-refractivity contribution >= 4 is 11.6 Å². The number of aromatic nitrogens is 3. The third-order valence-corrected chi connectivity index (χ3v) is 6.48. The SMILES string of the molecule is COc1ccc(-c2nc(C)c(C(=O)Nc3cccc(-c4ccc[nH]4)c3)n2O)cc1-c1c(C)cccc1C. The molecule has 3 N–H and O–H groups in total. The van der Waals surface area contributed by atoms with Crippen molar-refractivity contribution in [2.45, 2.75) is 20.8 Å². The molecule has 0 aliphatic rings. The van der Waals surface area contributed by atoms with E-state index in [4.69, 9.17) is 4.74 Å². The fourth-order valence-electron chi connectivity index (χ4n) is 4.71. The van der Waals surface area contributed by atoms with E-state index in [9.17, 15) is 10.0 Å². The molecule has 5 rings (SSSR count). The summed E-state index contributed by atoms with van der Waals surface area (Å²) in [4.78, 5) is 20.9. The Balaban J connectivity index is 1.50. The lowest BCUT2D eigenvalue weighted by molar-refractivity contribution is 0.0974. The summed E-state index contributed by atoms with van der Waals surface area (Å²) in [5.41, 5.74) is 7.83. The summed E-state index contributed by atoms with van der Waals surface area (Å²) in [5, 5.41) is 14.0. The Bertz CT molecular complexity index is 1580. The van der Waals surface area contributed by atoms with E-state index in [2.05, 4.69) is 41.3 Å². The quantitative estimate of drug-likeness (QED) is 0.232. The van der Waals surface area contributed by atoms with E-state index in [1.165, 1.54) is 0 Å². The highest BCUT2D eigenvalue weighted by atomic mass is 16.5. The van der Waals surface area contributed by atoms with Gasteiger partial charge in [0.15, 0.2) is 11.5 Å². The van der Waals surface area contributed by atoms with Gasteiger partial charge in [-0.3, -0.25) is 4.79 Å². The van der Waals surface area contributed by atoms with Crippen LogP contribution in [0.3, 0.4) is 0 Å². The summed E-state index contributed by atoms with van der Waals surface area (Å²) in [6.07, 6.45) is 1.85. The molecule has 0 fully saturated rings. The minimum Gasteiger partial charge on any atom is -0.496 e. The van der Waals surface area contributed by atoms with Crippen LogP contribution in [0.1, 0.15) is 27.3 Å². The second-order valence-electron chi connectivity index (χ2n) is 8.98. The lowest BCUT2D eigenvalue weighted by Crippen LogP contribution is -2.17. The van der Waals surface area contributed by atoms with E-state index >= 15 is 0 Å². The summed E-state index contributed by atoms with van der Waals surface area (Å²) in [7, 11) is 1.64. The van der Waals surface area contributed by atoms with Gasteiger partial charge in [-0.1, -0.05) is 30.3 Å². The first-order valence-corrected chi connectivity index (χ1v) is 12.0. The molecule has 0 spiro atoms. The van der Waals surface area contributed by atoms with Gasteiger partial charge in [0.25, 0.3) is 5.91 Å². The molecule has 0 saturated heterocycles. The van der Waals surface area contributed by atoms with E-state index in [1.807, 2.05) is 60.8 Å². The number of hydrogen-bond acceptors (Lipinski definition) is 4. The number of amides is 1. The zero-order valence-electron chi connectivity index (χ0n) is 21.2. The number of H-pyrrole nitrogens is 1. The number of benzene rings is 3. The third-order valence-electron chi connectivity index (χ3n) is 6.48. The summed E-state index contributed by atoms with van der Waals surface area (Å²) in [5.74, 6) is 0.539. The fraction of sp³-hybridized carbons (Fsp3) is 0.133. The van der Waals surface area contributed by atoms with Crippen molar-refractivity contribution in [1.29, 1.82) is 0 Å². The van der Waals surface area contributed by atoms with Crippen molar-refractivity contribution in [3.8, 4) is 39.5 Å². The number of carbonyl (C=O) groups excluding carboxylic acids is 1. The Morgan fingerprint density at radius 2 is 1.70 bits per heavy atom. The van der Waals surface area contributed by atoms with Gasteiger partial charge in [0, 0.05) is 28.7 Å². The molecule has 0 bridgehead atoms. The molecule has 2 aromatic heterocycles. The summed E-state index contributed by atoms with van der Waals surface area (Å²) < 4.78 is 6.50. The molecule has 0 aliphatic heterocycles. The Hall–Kier alpha value is -4.78. The maximum Gasteiger partial charge on any atom is 0.277 e. The second-order valence-corrected chi connectivity index (χ2v) is 8.98. The van der Waals surface area contributed by atoms with Gasteiger partial charge in [0.2, 0.25) is 0 Å². The highest BCUT2D eigenvalue weighted by molar-refractivity contribution is 6.04. The smallest absolute Gasteiger partial charge is 0.277 e. The molecule has 3 aromatic carbocycles. The van der Waals surface area contributed by atoms with Crippen LogP contribution in [0.4, 0.5) is 5.69 Å². The van der Waals surface area contributed by atoms with Gasteiger partial charge in [-0.2, -0.15) is 4.73 Å². The predicted octanol–water partition coefficient (Wildman–Crippen LogP) is 6.64. The number of ether oxygens (including phenoxy) is 1. The molecule has 0 unspecified atom stereocenters. The number of aromatic amines is 1. The van der Waals surface area contributed by atoms with Crippen molar-refractivity contribution in [2.75, 3.05) is 12.4 Å². The molecule has 37 heavy (non-hydrogen) atoms. The van der Waals surface area contributed by atoms with Crippen molar-refractivity contribution in [3.05, 3.63) is 102 Å². The normalized spacial score (nSPS) is 10.9. The monoisotopic (exact) mass is 492 g/mol. The molecular weight excluding hydrogens is 464 g/mol. The third kappa shape index (κ3) is 4.47. The van der Waals surface area contributed by atoms with Gasteiger partial charge in [-0.15, -0.1) is 0 Å². The summed E-state index contributed by atoms with van der Waals surface area (Å²) >= 11 is 0. The lowest BCUT2D eigenvalue weighted by Gasteiger charge is -2.15. The Kier molecular flexibility index (Phi) is 6.27. The van der Waals surface area contributed by atoms with Crippen molar-refractivity contribution in [3.63, 3.8) is 0 Å². The first-order valence-electron chi connectivity index (χ1n) is 12.0.